The van der Waals surface area contributed by atoms with Crippen LogP contribution in [0.5, 0.6) is 0 Å². The summed E-state index contributed by atoms with van der Waals surface area (Å²) in [6, 6.07) is 15.5. The lowest BCUT2D eigenvalue weighted by atomic mass is 9.99. The van der Waals surface area contributed by atoms with E-state index in [9.17, 15) is 9.59 Å². The Balaban J connectivity index is 0.885. The second-order valence-electron chi connectivity index (χ2n) is 14.0. The summed E-state index contributed by atoms with van der Waals surface area (Å²) in [5, 5.41) is 5.79. The Kier molecular flexibility index (Phi) is 9.77. The Bertz CT molecular complexity index is 1620. The molecule has 0 spiro atoms. The molecule has 6 heterocycles. The van der Waals surface area contributed by atoms with Crippen LogP contribution in [-0.4, -0.2) is 121 Å². The number of morpholine rings is 2. The lowest BCUT2D eigenvalue weighted by Gasteiger charge is -2.40. The Morgan fingerprint density at radius 2 is 1.26 bits per heavy atom. The molecular formula is C37H47N9O4. The molecule has 13 heteroatoms. The van der Waals surface area contributed by atoms with Gasteiger partial charge in [-0.3, -0.25) is 4.79 Å². The Morgan fingerprint density at radius 1 is 0.640 bits per heavy atom. The number of amides is 3. The molecule has 1 aromatic heterocycles. The van der Waals surface area contributed by atoms with Crippen LogP contribution in [0.1, 0.15) is 55.3 Å². The summed E-state index contributed by atoms with van der Waals surface area (Å²) in [4.78, 5) is 49.9. The molecule has 2 atom stereocenters. The Morgan fingerprint density at radius 3 is 1.92 bits per heavy atom. The minimum absolute atomic E-state index is 0.0536. The maximum atomic E-state index is 13.2. The van der Waals surface area contributed by atoms with Gasteiger partial charge in [0, 0.05) is 54.7 Å². The number of nitrogens with zero attached hydrogens (tertiary/aromatic N) is 7. The van der Waals surface area contributed by atoms with Crippen LogP contribution >= 0.6 is 0 Å². The summed E-state index contributed by atoms with van der Waals surface area (Å²) < 4.78 is 11.4. The van der Waals surface area contributed by atoms with Gasteiger partial charge in [-0.25, -0.2) is 4.79 Å². The number of nitrogens with one attached hydrogen (secondary N) is 2. The molecule has 8 rings (SSSR count). The highest BCUT2D eigenvalue weighted by Gasteiger charge is 2.39. The number of fused-ring (bicyclic) bond motifs is 2. The maximum absolute atomic E-state index is 13.2. The van der Waals surface area contributed by atoms with Crippen molar-refractivity contribution < 1.29 is 19.1 Å². The van der Waals surface area contributed by atoms with Crippen LogP contribution < -0.4 is 20.4 Å². The third-order valence-corrected chi connectivity index (χ3v) is 10.8. The smallest absolute Gasteiger partial charge is 0.323 e. The van der Waals surface area contributed by atoms with Crippen LogP contribution in [-0.2, 0) is 9.47 Å². The molecule has 0 aliphatic carbocycles. The summed E-state index contributed by atoms with van der Waals surface area (Å²) in [6.07, 6.45) is 8.13. The summed E-state index contributed by atoms with van der Waals surface area (Å²) >= 11 is 0. The first-order valence-corrected chi connectivity index (χ1v) is 18.3. The van der Waals surface area contributed by atoms with Crippen molar-refractivity contribution in [3.63, 3.8) is 0 Å². The largest absolute Gasteiger partial charge is 0.378 e. The summed E-state index contributed by atoms with van der Waals surface area (Å²) in [6.45, 7) is 8.09. The minimum Gasteiger partial charge on any atom is -0.378 e. The van der Waals surface area contributed by atoms with Gasteiger partial charge in [-0.1, -0.05) is 6.42 Å². The second kappa shape index (κ2) is 14.9. The van der Waals surface area contributed by atoms with Crippen LogP contribution in [0.2, 0.25) is 0 Å². The number of rotatable bonds is 7. The Labute approximate surface area is 293 Å². The summed E-state index contributed by atoms with van der Waals surface area (Å²) in [7, 11) is 0. The standard InChI is InChI=1S/C37H47N9O4/c47-34(44-18-14-30(15-19-44)43-16-2-1-3-17-43)27-6-10-29(11-7-27)39-37(48)38-28-8-4-26(5-9-28)33-40-35(45-20-22-49-23-21-45)42-36(41-33)46-31-12-13-32(46)25-50-24-31/h4-11,30-32H,1-3,12-25H2,(H2,38,39,48). The van der Waals surface area contributed by atoms with E-state index >= 15 is 0 Å². The van der Waals surface area contributed by atoms with Crippen LogP contribution in [0.15, 0.2) is 48.5 Å². The molecule has 13 nitrogen and oxygen atoms in total. The SMILES string of the molecule is O=C(Nc1ccc(C(=O)N2CCC(N3CCCCC3)CC2)cc1)Nc1ccc(-c2nc(N3CCOCC3)nc(N3C4CCC3COC4)n2)cc1. The fourth-order valence-electron chi connectivity index (χ4n) is 8.05. The average molecular weight is 682 g/mol. The van der Waals surface area contributed by atoms with Gasteiger partial charge in [0.15, 0.2) is 5.82 Å². The van der Waals surface area contributed by atoms with Crippen molar-refractivity contribution >= 4 is 35.2 Å². The van der Waals surface area contributed by atoms with Crippen molar-refractivity contribution in [1.29, 1.82) is 0 Å². The van der Waals surface area contributed by atoms with Gasteiger partial charge < -0.3 is 39.7 Å². The molecule has 2 aromatic carbocycles. The molecule has 2 unspecified atom stereocenters. The molecule has 2 bridgehead atoms. The molecule has 5 fully saturated rings. The van der Waals surface area contributed by atoms with Crippen molar-refractivity contribution in [2.75, 3.05) is 86.1 Å². The first-order valence-electron chi connectivity index (χ1n) is 18.3. The zero-order valence-corrected chi connectivity index (χ0v) is 28.6. The van der Waals surface area contributed by atoms with E-state index < -0.39 is 0 Å². The normalized spacial score (nSPS) is 23.2. The Hall–Kier alpha value is -4.33. The van der Waals surface area contributed by atoms with Gasteiger partial charge in [0.05, 0.1) is 38.5 Å². The maximum Gasteiger partial charge on any atom is 0.323 e. The van der Waals surface area contributed by atoms with Crippen molar-refractivity contribution in [1.82, 2.24) is 24.8 Å². The van der Waals surface area contributed by atoms with E-state index in [1.54, 1.807) is 24.3 Å². The molecule has 0 radical (unpaired) electrons. The van der Waals surface area contributed by atoms with Gasteiger partial charge in [-0.2, -0.15) is 15.0 Å². The van der Waals surface area contributed by atoms with Crippen LogP contribution in [0.4, 0.5) is 28.1 Å². The molecule has 5 aliphatic heterocycles. The van der Waals surface area contributed by atoms with Gasteiger partial charge in [-0.05, 0) is 100 Å². The molecule has 3 aromatic rings. The van der Waals surface area contributed by atoms with E-state index in [4.69, 9.17) is 24.4 Å². The number of likely N-dealkylation sites (tertiary alicyclic amines) is 2. The highest BCUT2D eigenvalue weighted by atomic mass is 16.5. The van der Waals surface area contributed by atoms with Crippen molar-refractivity contribution in [3.05, 3.63) is 54.1 Å². The summed E-state index contributed by atoms with van der Waals surface area (Å²) in [5.74, 6) is 2.00. The highest BCUT2D eigenvalue weighted by molar-refractivity contribution is 6.00. The van der Waals surface area contributed by atoms with Crippen LogP contribution in [0, 0.1) is 0 Å². The third-order valence-electron chi connectivity index (χ3n) is 10.8. The van der Waals surface area contributed by atoms with Gasteiger partial charge >= 0.3 is 6.03 Å². The predicted octanol–water partition coefficient (Wildman–Crippen LogP) is 4.48. The topological polar surface area (TPSA) is 128 Å². The number of benzene rings is 2. The number of carbonyl (C=O) groups excluding carboxylic acids is 2. The monoisotopic (exact) mass is 681 g/mol. The number of urea groups is 1. The number of piperidine rings is 2. The minimum atomic E-state index is -0.364. The summed E-state index contributed by atoms with van der Waals surface area (Å²) in [5.41, 5.74) is 2.73. The van der Waals surface area contributed by atoms with E-state index in [-0.39, 0.29) is 24.0 Å². The number of aromatic nitrogens is 3. The first-order chi connectivity index (χ1) is 24.6. The second-order valence-corrected chi connectivity index (χ2v) is 14.0. The molecular weight excluding hydrogens is 634 g/mol. The zero-order valence-electron chi connectivity index (χ0n) is 28.6. The molecule has 264 valence electrons. The average Bonchev–Trinajstić information content (AvgIpc) is 3.43. The predicted molar refractivity (Wildman–Crippen MR) is 192 cm³/mol. The lowest BCUT2D eigenvalue weighted by Crippen LogP contribution is -2.48. The van der Waals surface area contributed by atoms with Crippen LogP contribution in [0.25, 0.3) is 11.4 Å². The van der Waals surface area contributed by atoms with Crippen LogP contribution in [0.3, 0.4) is 0 Å². The number of ether oxygens (including phenoxy) is 2. The number of hydrogen-bond acceptors (Lipinski definition) is 10. The molecule has 3 amide bonds. The van der Waals surface area contributed by atoms with Crippen molar-refractivity contribution in [3.8, 4) is 11.4 Å². The van der Waals surface area contributed by atoms with Gasteiger partial charge in [0.25, 0.3) is 5.91 Å². The molecule has 5 aliphatic rings. The van der Waals surface area contributed by atoms with Crippen molar-refractivity contribution in [2.24, 2.45) is 0 Å². The molecule has 5 saturated heterocycles. The number of anilines is 4. The number of carbonyl (C=O) groups is 2. The van der Waals surface area contributed by atoms with E-state index in [2.05, 4.69) is 25.3 Å². The van der Waals surface area contributed by atoms with E-state index in [1.165, 1.54) is 32.4 Å². The third kappa shape index (κ3) is 7.26. The quantitative estimate of drug-likeness (QED) is 0.369. The van der Waals surface area contributed by atoms with Crippen molar-refractivity contribution in [2.45, 2.75) is 63.1 Å². The first kappa shape index (κ1) is 32.9. The fourth-order valence-corrected chi connectivity index (χ4v) is 8.05. The van der Waals surface area contributed by atoms with Gasteiger partial charge in [0.1, 0.15) is 0 Å². The number of hydrogen-bond donors (Lipinski definition) is 2. The van der Waals surface area contributed by atoms with E-state index in [0.717, 1.165) is 57.4 Å². The van der Waals surface area contributed by atoms with Gasteiger partial charge in [-0.15, -0.1) is 0 Å². The highest BCUT2D eigenvalue weighted by Crippen LogP contribution is 2.34. The molecule has 2 N–H and O–H groups in total. The molecule has 50 heavy (non-hydrogen) atoms. The fraction of sp³-hybridized carbons (Fsp3) is 0.541. The zero-order chi connectivity index (χ0) is 33.9. The van der Waals surface area contributed by atoms with Gasteiger partial charge in [0.2, 0.25) is 11.9 Å². The van der Waals surface area contributed by atoms with E-state index in [1.807, 2.05) is 29.2 Å². The lowest BCUT2D eigenvalue weighted by molar-refractivity contribution is 0.0590. The van der Waals surface area contributed by atoms with E-state index in [0.29, 0.717) is 67.1 Å². The molecule has 0 saturated carbocycles.